The minimum absolute atomic E-state index is 0.0349. The standard InChI is InChI=1S/C12H24N2O2/c1-6-12(4,7-9(2)3)11(16)14-8-10(15)13-5/h9H,6-8H2,1-5H3,(H,13,15)(H,14,16)/t12-/m1/s1. The van der Waals surface area contributed by atoms with Crippen molar-refractivity contribution in [3.63, 3.8) is 0 Å². The molecular formula is C12H24N2O2. The van der Waals surface area contributed by atoms with Crippen LogP contribution in [0, 0.1) is 11.3 Å². The first-order chi connectivity index (χ1) is 7.35. The second kappa shape index (κ2) is 6.51. The number of amides is 2. The average molecular weight is 228 g/mol. The van der Waals surface area contributed by atoms with Gasteiger partial charge in [-0.25, -0.2) is 0 Å². The van der Waals surface area contributed by atoms with Gasteiger partial charge >= 0.3 is 0 Å². The lowest BCUT2D eigenvalue weighted by atomic mass is 9.79. The fraction of sp³-hybridized carbons (Fsp3) is 0.833. The molecule has 4 heteroatoms. The average Bonchev–Trinajstić information content (AvgIpc) is 2.23. The van der Waals surface area contributed by atoms with Crippen molar-refractivity contribution in [2.45, 2.75) is 40.5 Å². The van der Waals surface area contributed by atoms with Gasteiger partial charge in [0.05, 0.1) is 6.54 Å². The van der Waals surface area contributed by atoms with Gasteiger partial charge in [-0.05, 0) is 18.8 Å². The van der Waals surface area contributed by atoms with Gasteiger partial charge in [-0.2, -0.15) is 0 Å². The summed E-state index contributed by atoms with van der Waals surface area (Å²) < 4.78 is 0. The Balaban J connectivity index is 4.35. The van der Waals surface area contributed by atoms with E-state index in [2.05, 4.69) is 24.5 Å². The summed E-state index contributed by atoms with van der Waals surface area (Å²) in [5, 5.41) is 5.16. The molecule has 0 spiro atoms. The molecule has 0 aromatic rings. The fourth-order valence-corrected chi connectivity index (χ4v) is 1.76. The zero-order valence-corrected chi connectivity index (χ0v) is 11.0. The van der Waals surface area contributed by atoms with E-state index in [1.807, 2.05) is 13.8 Å². The van der Waals surface area contributed by atoms with Gasteiger partial charge in [0.1, 0.15) is 0 Å². The number of carbonyl (C=O) groups excluding carboxylic acids is 2. The van der Waals surface area contributed by atoms with Crippen LogP contribution in [0.25, 0.3) is 0 Å². The molecule has 0 unspecified atom stereocenters. The Morgan fingerprint density at radius 1 is 1.31 bits per heavy atom. The molecule has 0 rings (SSSR count). The number of hydrogen-bond acceptors (Lipinski definition) is 2. The van der Waals surface area contributed by atoms with Crippen molar-refractivity contribution < 1.29 is 9.59 Å². The van der Waals surface area contributed by atoms with Crippen LogP contribution >= 0.6 is 0 Å². The first-order valence-electron chi connectivity index (χ1n) is 5.84. The van der Waals surface area contributed by atoms with Crippen molar-refractivity contribution in [3.05, 3.63) is 0 Å². The number of rotatable bonds is 6. The maximum atomic E-state index is 12.0. The number of likely N-dealkylation sites (N-methyl/N-ethyl adjacent to an activating group) is 1. The van der Waals surface area contributed by atoms with E-state index in [-0.39, 0.29) is 23.8 Å². The Morgan fingerprint density at radius 2 is 1.88 bits per heavy atom. The van der Waals surface area contributed by atoms with E-state index in [0.29, 0.717) is 5.92 Å². The SMILES string of the molecule is CC[C@](C)(CC(C)C)C(=O)NCC(=O)NC. The Bertz CT molecular complexity index is 251. The van der Waals surface area contributed by atoms with Crippen LogP contribution in [0.5, 0.6) is 0 Å². The molecule has 0 saturated carbocycles. The van der Waals surface area contributed by atoms with Crippen molar-refractivity contribution in [2.24, 2.45) is 11.3 Å². The molecule has 16 heavy (non-hydrogen) atoms. The predicted octanol–water partition coefficient (Wildman–Crippen LogP) is 1.31. The van der Waals surface area contributed by atoms with Crippen LogP contribution in [0.1, 0.15) is 40.5 Å². The molecule has 2 amide bonds. The summed E-state index contributed by atoms with van der Waals surface area (Å²) in [4.78, 5) is 23.0. The first kappa shape index (κ1) is 14.9. The third kappa shape index (κ3) is 4.64. The molecule has 0 radical (unpaired) electrons. The Labute approximate surface area is 98.2 Å². The van der Waals surface area contributed by atoms with Gasteiger partial charge in [0.2, 0.25) is 11.8 Å². The molecule has 0 saturated heterocycles. The van der Waals surface area contributed by atoms with E-state index in [9.17, 15) is 9.59 Å². The molecule has 0 aromatic carbocycles. The van der Waals surface area contributed by atoms with Gasteiger partial charge in [-0.15, -0.1) is 0 Å². The predicted molar refractivity (Wildman–Crippen MR) is 64.9 cm³/mol. The van der Waals surface area contributed by atoms with Crippen molar-refractivity contribution in [2.75, 3.05) is 13.6 Å². The maximum absolute atomic E-state index is 12.0. The van der Waals surface area contributed by atoms with Crippen LogP contribution in [0.3, 0.4) is 0 Å². The van der Waals surface area contributed by atoms with Gasteiger partial charge in [0, 0.05) is 12.5 Å². The molecule has 4 nitrogen and oxygen atoms in total. The highest BCUT2D eigenvalue weighted by atomic mass is 16.2. The molecule has 0 heterocycles. The van der Waals surface area contributed by atoms with Gasteiger partial charge in [0.15, 0.2) is 0 Å². The summed E-state index contributed by atoms with van der Waals surface area (Å²) in [7, 11) is 1.56. The van der Waals surface area contributed by atoms with Crippen LogP contribution in [0.2, 0.25) is 0 Å². The highest BCUT2D eigenvalue weighted by Crippen LogP contribution is 2.29. The lowest BCUT2D eigenvalue weighted by Crippen LogP contribution is -2.43. The number of hydrogen-bond donors (Lipinski definition) is 2. The second-order valence-electron chi connectivity index (χ2n) is 4.87. The fourth-order valence-electron chi connectivity index (χ4n) is 1.76. The van der Waals surface area contributed by atoms with E-state index in [0.717, 1.165) is 12.8 Å². The summed E-state index contributed by atoms with van der Waals surface area (Å²) >= 11 is 0. The van der Waals surface area contributed by atoms with Gasteiger partial charge in [-0.1, -0.05) is 27.7 Å². The zero-order valence-electron chi connectivity index (χ0n) is 11.0. The number of nitrogens with one attached hydrogen (secondary N) is 2. The monoisotopic (exact) mass is 228 g/mol. The highest BCUT2D eigenvalue weighted by molar-refractivity contribution is 5.87. The zero-order chi connectivity index (χ0) is 12.8. The van der Waals surface area contributed by atoms with Crippen LogP contribution in [-0.2, 0) is 9.59 Å². The van der Waals surface area contributed by atoms with Crippen molar-refractivity contribution in [1.82, 2.24) is 10.6 Å². The van der Waals surface area contributed by atoms with Gasteiger partial charge in [-0.3, -0.25) is 9.59 Å². The summed E-state index contributed by atoms with van der Waals surface area (Å²) in [5.74, 6) is 0.263. The van der Waals surface area contributed by atoms with Crippen molar-refractivity contribution in [3.8, 4) is 0 Å². The Hall–Kier alpha value is -1.06. The molecule has 0 bridgehead atoms. The van der Waals surface area contributed by atoms with Crippen LogP contribution < -0.4 is 10.6 Å². The van der Waals surface area contributed by atoms with E-state index in [4.69, 9.17) is 0 Å². The van der Waals surface area contributed by atoms with E-state index >= 15 is 0 Å². The summed E-state index contributed by atoms with van der Waals surface area (Å²) in [5.41, 5.74) is -0.373. The second-order valence-corrected chi connectivity index (χ2v) is 4.87. The molecule has 0 fully saturated rings. The topological polar surface area (TPSA) is 58.2 Å². The quantitative estimate of drug-likeness (QED) is 0.720. The van der Waals surface area contributed by atoms with E-state index in [1.54, 1.807) is 7.05 Å². The largest absolute Gasteiger partial charge is 0.358 e. The van der Waals surface area contributed by atoms with Crippen LogP contribution in [0.15, 0.2) is 0 Å². The lowest BCUT2D eigenvalue weighted by molar-refractivity contribution is -0.133. The third-order valence-corrected chi connectivity index (χ3v) is 2.88. The molecule has 2 N–H and O–H groups in total. The Morgan fingerprint density at radius 3 is 2.25 bits per heavy atom. The summed E-state index contributed by atoms with van der Waals surface area (Å²) in [6.45, 7) is 8.21. The third-order valence-electron chi connectivity index (χ3n) is 2.88. The molecular weight excluding hydrogens is 204 g/mol. The molecule has 0 aliphatic rings. The van der Waals surface area contributed by atoms with Gasteiger partial charge in [0.25, 0.3) is 0 Å². The normalized spacial score (nSPS) is 14.4. The first-order valence-corrected chi connectivity index (χ1v) is 5.84. The van der Waals surface area contributed by atoms with E-state index in [1.165, 1.54) is 0 Å². The molecule has 1 atom stereocenters. The molecule has 0 aliphatic carbocycles. The number of carbonyl (C=O) groups is 2. The molecule has 94 valence electrons. The molecule has 0 aliphatic heterocycles. The maximum Gasteiger partial charge on any atom is 0.239 e. The van der Waals surface area contributed by atoms with Crippen LogP contribution in [0.4, 0.5) is 0 Å². The Kier molecular flexibility index (Phi) is 6.08. The summed E-state index contributed by atoms with van der Waals surface area (Å²) in [6, 6.07) is 0. The van der Waals surface area contributed by atoms with Crippen molar-refractivity contribution in [1.29, 1.82) is 0 Å². The summed E-state index contributed by atoms with van der Waals surface area (Å²) in [6.07, 6.45) is 1.62. The minimum atomic E-state index is -0.373. The highest BCUT2D eigenvalue weighted by Gasteiger charge is 2.31. The van der Waals surface area contributed by atoms with E-state index < -0.39 is 0 Å². The lowest BCUT2D eigenvalue weighted by Gasteiger charge is -2.28. The molecule has 0 aromatic heterocycles. The van der Waals surface area contributed by atoms with Crippen LogP contribution in [-0.4, -0.2) is 25.4 Å². The van der Waals surface area contributed by atoms with Gasteiger partial charge < -0.3 is 10.6 Å². The smallest absolute Gasteiger partial charge is 0.239 e. The minimum Gasteiger partial charge on any atom is -0.358 e. The van der Waals surface area contributed by atoms with Crippen molar-refractivity contribution >= 4 is 11.8 Å².